The van der Waals surface area contributed by atoms with E-state index in [1.54, 1.807) is 0 Å². The molecule has 0 aliphatic heterocycles. The molecule has 1 aromatic rings. The van der Waals surface area contributed by atoms with E-state index in [0.717, 1.165) is 19.3 Å². The van der Waals surface area contributed by atoms with Crippen LogP contribution < -0.4 is 5.32 Å². The molecule has 0 bridgehead atoms. The topological polar surface area (TPSA) is 91.8 Å². The van der Waals surface area contributed by atoms with Crippen LogP contribution in [0.5, 0.6) is 0 Å². The van der Waals surface area contributed by atoms with Crippen molar-refractivity contribution in [2.75, 3.05) is 11.9 Å². The van der Waals surface area contributed by atoms with Crippen molar-refractivity contribution >= 4 is 11.5 Å². The van der Waals surface area contributed by atoms with E-state index in [-0.39, 0.29) is 17.1 Å². The summed E-state index contributed by atoms with van der Waals surface area (Å²) in [6.07, 6.45) is 9.21. The Morgan fingerprint density at radius 1 is 1.50 bits per heavy atom. The number of pyridine rings is 1. The molecule has 0 radical (unpaired) electrons. The van der Waals surface area contributed by atoms with Gasteiger partial charge in [-0.15, -0.1) is 0 Å². The second-order valence-corrected chi connectivity index (χ2v) is 4.71. The monoisotopic (exact) mass is 272 g/mol. The van der Waals surface area contributed by atoms with E-state index in [4.69, 9.17) is 5.26 Å². The first kappa shape index (κ1) is 14.0. The maximum atomic E-state index is 11.0. The van der Waals surface area contributed by atoms with Crippen molar-refractivity contribution in [1.82, 2.24) is 4.98 Å². The Hall–Kier alpha value is -2.42. The standard InChI is InChI=1S/C14H16N4O2/c15-10-12-7-9-17-14(13(12)18(19)20)16-8-6-11-4-2-1-3-5-11/h4,7,9H,1-3,5-6,8H2,(H,16,17). The number of nitriles is 1. The van der Waals surface area contributed by atoms with Gasteiger partial charge in [-0.3, -0.25) is 10.1 Å². The lowest BCUT2D eigenvalue weighted by atomic mass is 9.97. The molecule has 6 nitrogen and oxygen atoms in total. The third-order valence-corrected chi connectivity index (χ3v) is 3.35. The summed E-state index contributed by atoms with van der Waals surface area (Å²) in [5, 5.41) is 22.9. The number of rotatable bonds is 5. The average molecular weight is 272 g/mol. The first-order valence-electron chi connectivity index (χ1n) is 6.67. The lowest BCUT2D eigenvalue weighted by molar-refractivity contribution is -0.384. The fourth-order valence-electron chi connectivity index (χ4n) is 2.33. The van der Waals surface area contributed by atoms with Crippen LogP contribution >= 0.6 is 0 Å². The maximum Gasteiger partial charge on any atom is 0.328 e. The molecule has 1 aromatic heterocycles. The van der Waals surface area contributed by atoms with Gasteiger partial charge in [-0.1, -0.05) is 11.6 Å². The van der Waals surface area contributed by atoms with Crippen molar-refractivity contribution in [3.8, 4) is 6.07 Å². The van der Waals surface area contributed by atoms with E-state index in [9.17, 15) is 10.1 Å². The van der Waals surface area contributed by atoms with Gasteiger partial charge in [-0.05, 0) is 38.2 Å². The van der Waals surface area contributed by atoms with Crippen LogP contribution in [0.4, 0.5) is 11.5 Å². The van der Waals surface area contributed by atoms with Crippen molar-refractivity contribution in [3.05, 3.63) is 39.6 Å². The van der Waals surface area contributed by atoms with Crippen LogP contribution in [0.25, 0.3) is 0 Å². The van der Waals surface area contributed by atoms with E-state index in [0.29, 0.717) is 6.54 Å². The van der Waals surface area contributed by atoms with Gasteiger partial charge in [0.2, 0.25) is 5.82 Å². The van der Waals surface area contributed by atoms with Gasteiger partial charge in [0.1, 0.15) is 11.6 Å². The SMILES string of the molecule is N#Cc1ccnc(NCCC2=CCCCC2)c1[N+](=O)[O-]. The molecule has 1 aliphatic carbocycles. The molecule has 0 saturated carbocycles. The molecule has 0 saturated heterocycles. The van der Waals surface area contributed by atoms with Crippen LogP contribution in [0.2, 0.25) is 0 Å². The molecular formula is C14H16N4O2. The molecule has 0 spiro atoms. The molecule has 0 unspecified atom stereocenters. The van der Waals surface area contributed by atoms with E-state index in [2.05, 4.69) is 16.4 Å². The second-order valence-electron chi connectivity index (χ2n) is 4.71. The molecule has 0 aromatic carbocycles. The van der Waals surface area contributed by atoms with E-state index in [1.165, 1.54) is 30.7 Å². The Kier molecular flexibility index (Phi) is 4.66. The lowest BCUT2D eigenvalue weighted by Crippen LogP contribution is -2.08. The Morgan fingerprint density at radius 2 is 2.35 bits per heavy atom. The zero-order valence-electron chi connectivity index (χ0n) is 11.1. The largest absolute Gasteiger partial charge is 0.364 e. The predicted molar refractivity (Wildman–Crippen MR) is 75.3 cm³/mol. The van der Waals surface area contributed by atoms with Crippen LogP contribution in [-0.2, 0) is 0 Å². The van der Waals surface area contributed by atoms with E-state index < -0.39 is 4.92 Å². The number of hydrogen-bond donors (Lipinski definition) is 1. The van der Waals surface area contributed by atoms with Gasteiger partial charge in [0.15, 0.2) is 0 Å². The fourth-order valence-corrected chi connectivity index (χ4v) is 2.33. The normalized spacial score (nSPS) is 14.2. The summed E-state index contributed by atoms with van der Waals surface area (Å²) in [7, 11) is 0. The molecule has 0 amide bonds. The first-order chi connectivity index (χ1) is 9.72. The molecule has 104 valence electrons. The van der Waals surface area contributed by atoms with Gasteiger partial charge in [0.25, 0.3) is 0 Å². The third kappa shape index (κ3) is 3.32. The molecule has 0 atom stereocenters. The quantitative estimate of drug-likeness (QED) is 0.505. The predicted octanol–water partition coefficient (Wildman–Crippen LogP) is 3.16. The van der Waals surface area contributed by atoms with E-state index >= 15 is 0 Å². The van der Waals surface area contributed by atoms with Crippen molar-refractivity contribution in [3.63, 3.8) is 0 Å². The van der Waals surface area contributed by atoms with Crippen molar-refractivity contribution in [2.24, 2.45) is 0 Å². The minimum atomic E-state index is -0.562. The van der Waals surface area contributed by atoms with E-state index in [1.807, 2.05) is 6.07 Å². The minimum absolute atomic E-state index is 0.0318. The van der Waals surface area contributed by atoms with Gasteiger partial charge < -0.3 is 5.32 Å². The Bertz CT molecular complexity index is 575. The second kappa shape index (κ2) is 6.66. The highest BCUT2D eigenvalue weighted by atomic mass is 16.6. The summed E-state index contributed by atoms with van der Waals surface area (Å²) in [6, 6.07) is 3.18. The van der Waals surface area contributed by atoms with Crippen LogP contribution in [0, 0.1) is 21.4 Å². The molecular weight excluding hydrogens is 256 g/mol. The van der Waals surface area contributed by atoms with Gasteiger partial charge >= 0.3 is 5.69 Å². The lowest BCUT2D eigenvalue weighted by Gasteiger charge is -2.13. The number of anilines is 1. The zero-order chi connectivity index (χ0) is 14.4. The number of nitrogens with zero attached hydrogens (tertiary/aromatic N) is 3. The summed E-state index contributed by atoms with van der Waals surface area (Å²) in [6.45, 7) is 0.592. The Labute approximate surface area is 117 Å². The van der Waals surface area contributed by atoms with Gasteiger partial charge in [0, 0.05) is 12.7 Å². The molecule has 20 heavy (non-hydrogen) atoms. The first-order valence-corrected chi connectivity index (χ1v) is 6.67. The highest BCUT2D eigenvalue weighted by Crippen LogP contribution is 2.26. The van der Waals surface area contributed by atoms with Gasteiger partial charge in [0.05, 0.1) is 4.92 Å². The summed E-state index contributed by atoms with van der Waals surface area (Å²) in [4.78, 5) is 14.4. The fraction of sp³-hybridized carbons (Fsp3) is 0.429. The number of aromatic nitrogens is 1. The van der Waals surface area contributed by atoms with Crippen molar-refractivity contribution in [2.45, 2.75) is 32.1 Å². The summed E-state index contributed by atoms with van der Waals surface area (Å²) >= 11 is 0. The smallest absolute Gasteiger partial charge is 0.328 e. The maximum absolute atomic E-state index is 11.0. The summed E-state index contributed by atoms with van der Waals surface area (Å²) < 4.78 is 0. The zero-order valence-corrected chi connectivity index (χ0v) is 11.1. The summed E-state index contributed by atoms with van der Waals surface area (Å²) in [5.41, 5.74) is 1.18. The molecule has 1 heterocycles. The highest BCUT2D eigenvalue weighted by Gasteiger charge is 2.20. The van der Waals surface area contributed by atoms with Crippen LogP contribution in [0.3, 0.4) is 0 Å². The Morgan fingerprint density at radius 3 is 3.00 bits per heavy atom. The van der Waals surface area contributed by atoms with Gasteiger partial charge in [-0.25, -0.2) is 4.98 Å². The number of nitro groups is 1. The molecule has 1 aliphatic rings. The number of hydrogen-bond acceptors (Lipinski definition) is 5. The van der Waals surface area contributed by atoms with Crippen molar-refractivity contribution < 1.29 is 4.92 Å². The van der Waals surface area contributed by atoms with Crippen molar-refractivity contribution in [1.29, 1.82) is 5.26 Å². The molecule has 6 heteroatoms. The van der Waals surface area contributed by atoms with Crippen LogP contribution in [-0.4, -0.2) is 16.5 Å². The number of nitrogens with one attached hydrogen (secondary N) is 1. The molecule has 2 rings (SSSR count). The minimum Gasteiger partial charge on any atom is -0.364 e. The molecule has 0 fully saturated rings. The Balaban J connectivity index is 2.04. The molecule has 1 N–H and O–H groups in total. The summed E-state index contributed by atoms with van der Waals surface area (Å²) in [5.74, 6) is 0.172. The highest BCUT2D eigenvalue weighted by molar-refractivity contribution is 5.64. The van der Waals surface area contributed by atoms with Gasteiger partial charge in [-0.2, -0.15) is 5.26 Å². The van der Waals surface area contributed by atoms with Crippen LogP contribution in [0.1, 0.15) is 37.7 Å². The average Bonchev–Trinajstić information content (AvgIpc) is 2.47. The number of allylic oxidation sites excluding steroid dienone is 1. The van der Waals surface area contributed by atoms with Crippen LogP contribution in [0.15, 0.2) is 23.9 Å². The third-order valence-electron chi connectivity index (χ3n) is 3.35.